The van der Waals surface area contributed by atoms with E-state index in [0.717, 1.165) is 48.5 Å². The monoisotopic (exact) mass is 498 g/mol. The van der Waals surface area contributed by atoms with E-state index in [0.29, 0.717) is 0 Å². The Hall–Kier alpha value is -2.84. The van der Waals surface area contributed by atoms with Crippen molar-refractivity contribution < 1.29 is 9.47 Å². The second kappa shape index (κ2) is 9.11. The average Bonchev–Trinajstić information content (AvgIpc) is 3.34. The fourth-order valence-electron chi connectivity index (χ4n) is 3.26. The van der Waals surface area contributed by atoms with Crippen LogP contribution in [0.3, 0.4) is 0 Å². The van der Waals surface area contributed by atoms with Crippen LogP contribution < -0.4 is 14.3 Å². The number of H-pyrrole nitrogens is 1. The quantitative estimate of drug-likeness (QED) is 0.348. The Morgan fingerprint density at radius 2 is 1.97 bits per heavy atom. The standard InChI is InChI=1S/C23H23BrN4O2S/c1-14(2)27-23-28(26-12-15-11-25-20-7-5-16(24)9-18(15)20)21(13-31-23)19-10-17(29-3)6-8-22(19)30-4/h5-14,25H,1-4H3. The van der Waals surface area contributed by atoms with Gasteiger partial charge in [0.05, 0.1) is 26.1 Å². The summed E-state index contributed by atoms with van der Waals surface area (Å²) in [5.74, 6) is 1.50. The average molecular weight is 499 g/mol. The molecule has 8 heteroatoms. The van der Waals surface area contributed by atoms with Crippen LogP contribution in [0.25, 0.3) is 22.2 Å². The van der Waals surface area contributed by atoms with Crippen LogP contribution in [-0.4, -0.2) is 36.1 Å². The molecule has 0 aliphatic rings. The van der Waals surface area contributed by atoms with Crippen molar-refractivity contribution >= 4 is 44.4 Å². The summed E-state index contributed by atoms with van der Waals surface area (Å²) < 4.78 is 13.9. The Balaban J connectivity index is 1.88. The molecule has 0 saturated carbocycles. The van der Waals surface area contributed by atoms with Gasteiger partial charge in [-0.3, -0.25) is 4.99 Å². The molecular formula is C23H23BrN4O2S. The maximum absolute atomic E-state index is 5.61. The van der Waals surface area contributed by atoms with Gasteiger partial charge < -0.3 is 14.5 Å². The zero-order chi connectivity index (χ0) is 22.0. The molecule has 31 heavy (non-hydrogen) atoms. The lowest BCUT2D eigenvalue weighted by Crippen LogP contribution is -2.14. The molecule has 4 rings (SSSR count). The number of aromatic nitrogens is 2. The number of aromatic amines is 1. The number of benzene rings is 2. The fourth-order valence-corrected chi connectivity index (χ4v) is 4.58. The van der Waals surface area contributed by atoms with E-state index in [1.807, 2.05) is 52.8 Å². The lowest BCUT2D eigenvalue weighted by atomic mass is 10.1. The van der Waals surface area contributed by atoms with Gasteiger partial charge in [-0.1, -0.05) is 15.9 Å². The Kier molecular flexibility index (Phi) is 6.29. The van der Waals surface area contributed by atoms with Gasteiger partial charge in [-0.05, 0) is 50.2 Å². The van der Waals surface area contributed by atoms with E-state index in [9.17, 15) is 0 Å². The van der Waals surface area contributed by atoms with E-state index in [1.54, 1.807) is 25.6 Å². The van der Waals surface area contributed by atoms with E-state index in [-0.39, 0.29) is 6.04 Å². The van der Waals surface area contributed by atoms with Crippen molar-refractivity contribution in [3.05, 3.63) is 62.8 Å². The van der Waals surface area contributed by atoms with E-state index in [2.05, 4.69) is 40.8 Å². The van der Waals surface area contributed by atoms with Crippen molar-refractivity contribution in [1.29, 1.82) is 0 Å². The van der Waals surface area contributed by atoms with Gasteiger partial charge in [0.15, 0.2) is 0 Å². The molecule has 0 bridgehead atoms. The summed E-state index contributed by atoms with van der Waals surface area (Å²) in [7, 11) is 3.31. The number of rotatable bonds is 6. The van der Waals surface area contributed by atoms with E-state index < -0.39 is 0 Å². The lowest BCUT2D eigenvalue weighted by Gasteiger charge is -2.11. The highest BCUT2D eigenvalue weighted by atomic mass is 79.9. The third-order valence-corrected chi connectivity index (χ3v) is 6.05. The van der Waals surface area contributed by atoms with Crippen LogP contribution >= 0.6 is 27.3 Å². The third kappa shape index (κ3) is 4.45. The van der Waals surface area contributed by atoms with Gasteiger partial charge in [-0.2, -0.15) is 5.10 Å². The van der Waals surface area contributed by atoms with Crippen molar-refractivity contribution in [1.82, 2.24) is 9.66 Å². The van der Waals surface area contributed by atoms with Crippen LogP contribution in [0.4, 0.5) is 0 Å². The Labute approximate surface area is 193 Å². The van der Waals surface area contributed by atoms with Gasteiger partial charge in [0.25, 0.3) is 0 Å². The first-order valence-corrected chi connectivity index (χ1v) is 11.4. The summed E-state index contributed by atoms with van der Waals surface area (Å²) in [6.45, 7) is 4.10. The summed E-state index contributed by atoms with van der Waals surface area (Å²) in [5.41, 5.74) is 3.83. The smallest absolute Gasteiger partial charge is 0.206 e. The summed E-state index contributed by atoms with van der Waals surface area (Å²) >= 11 is 5.09. The maximum atomic E-state index is 5.61. The normalized spacial score (nSPS) is 12.4. The van der Waals surface area contributed by atoms with Gasteiger partial charge in [-0.25, -0.2) is 4.68 Å². The highest BCUT2D eigenvalue weighted by molar-refractivity contribution is 9.10. The first kappa shape index (κ1) is 21.4. The van der Waals surface area contributed by atoms with E-state index >= 15 is 0 Å². The second-order valence-electron chi connectivity index (χ2n) is 7.18. The van der Waals surface area contributed by atoms with Crippen molar-refractivity contribution in [2.45, 2.75) is 19.9 Å². The molecule has 0 fully saturated rings. The highest BCUT2D eigenvalue weighted by Crippen LogP contribution is 2.34. The predicted molar refractivity (Wildman–Crippen MR) is 131 cm³/mol. The zero-order valence-corrected chi connectivity index (χ0v) is 20.1. The van der Waals surface area contributed by atoms with E-state index in [4.69, 9.17) is 19.6 Å². The van der Waals surface area contributed by atoms with Crippen LogP contribution in [0.1, 0.15) is 19.4 Å². The van der Waals surface area contributed by atoms with Gasteiger partial charge in [0, 0.05) is 44.1 Å². The van der Waals surface area contributed by atoms with Gasteiger partial charge in [0.2, 0.25) is 4.80 Å². The van der Waals surface area contributed by atoms with Crippen LogP contribution in [0, 0.1) is 0 Å². The number of halogens is 1. The van der Waals surface area contributed by atoms with Crippen LogP contribution in [0.2, 0.25) is 0 Å². The number of methoxy groups -OCH3 is 2. The largest absolute Gasteiger partial charge is 0.497 e. The molecule has 6 nitrogen and oxygen atoms in total. The van der Waals surface area contributed by atoms with Crippen molar-refractivity contribution in [3.63, 3.8) is 0 Å². The van der Waals surface area contributed by atoms with Crippen molar-refractivity contribution in [2.24, 2.45) is 10.1 Å². The first-order chi connectivity index (χ1) is 15.0. The lowest BCUT2D eigenvalue weighted by molar-refractivity contribution is 0.404. The second-order valence-corrected chi connectivity index (χ2v) is 8.94. The number of ether oxygens (including phenoxy) is 2. The van der Waals surface area contributed by atoms with Gasteiger partial charge in [-0.15, -0.1) is 11.3 Å². The minimum Gasteiger partial charge on any atom is -0.497 e. The third-order valence-electron chi connectivity index (χ3n) is 4.72. The number of hydrogen-bond donors (Lipinski definition) is 1. The Morgan fingerprint density at radius 3 is 2.71 bits per heavy atom. The molecule has 0 saturated heterocycles. The number of fused-ring (bicyclic) bond motifs is 1. The molecule has 0 atom stereocenters. The fraction of sp³-hybridized carbons (Fsp3) is 0.217. The Morgan fingerprint density at radius 1 is 1.13 bits per heavy atom. The molecule has 160 valence electrons. The number of nitrogens with zero attached hydrogens (tertiary/aromatic N) is 3. The molecule has 0 amide bonds. The molecule has 0 radical (unpaired) electrons. The predicted octanol–water partition coefficient (Wildman–Crippen LogP) is 5.67. The van der Waals surface area contributed by atoms with Crippen molar-refractivity contribution in [3.8, 4) is 22.8 Å². The molecule has 2 aromatic heterocycles. The summed E-state index contributed by atoms with van der Waals surface area (Å²) in [6, 6.07) is 12.0. The molecule has 0 spiro atoms. The first-order valence-electron chi connectivity index (χ1n) is 9.78. The number of hydrogen-bond acceptors (Lipinski definition) is 5. The molecular weight excluding hydrogens is 476 g/mol. The van der Waals surface area contributed by atoms with Crippen LogP contribution in [0.5, 0.6) is 11.5 Å². The molecule has 0 aliphatic heterocycles. The summed E-state index contributed by atoms with van der Waals surface area (Å²) in [6.07, 6.45) is 3.81. The number of nitrogens with one attached hydrogen (secondary N) is 1. The highest BCUT2D eigenvalue weighted by Gasteiger charge is 2.14. The van der Waals surface area contributed by atoms with Gasteiger partial charge in [0.1, 0.15) is 11.5 Å². The molecule has 4 aromatic rings. The SMILES string of the molecule is COc1ccc(OC)c(-c2csc(=NC(C)C)n2N=Cc2c[nH]c3ccc(Br)cc23)c1. The molecule has 2 heterocycles. The summed E-state index contributed by atoms with van der Waals surface area (Å²) in [5, 5.41) is 7.96. The summed E-state index contributed by atoms with van der Waals surface area (Å²) in [4.78, 5) is 8.87. The van der Waals surface area contributed by atoms with Crippen LogP contribution in [-0.2, 0) is 0 Å². The minimum atomic E-state index is 0.143. The van der Waals surface area contributed by atoms with Gasteiger partial charge >= 0.3 is 0 Å². The molecule has 2 aromatic carbocycles. The molecule has 0 aliphatic carbocycles. The Bertz CT molecular complexity index is 1320. The maximum Gasteiger partial charge on any atom is 0.206 e. The molecule has 1 N–H and O–H groups in total. The van der Waals surface area contributed by atoms with E-state index in [1.165, 1.54) is 0 Å². The minimum absolute atomic E-state index is 0.143. The molecule has 0 unspecified atom stereocenters. The van der Waals surface area contributed by atoms with Crippen molar-refractivity contribution in [2.75, 3.05) is 14.2 Å². The topological polar surface area (TPSA) is 63.9 Å². The van der Waals surface area contributed by atoms with Crippen LogP contribution in [0.15, 0.2) is 62.5 Å². The zero-order valence-electron chi connectivity index (χ0n) is 17.7. The number of thiazole rings is 1.